The van der Waals surface area contributed by atoms with Crippen molar-refractivity contribution < 1.29 is 14.3 Å². The van der Waals surface area contributed by atoms with Gasteiger partial charge in [-0.25, -0.2) is 0 Å². The second-order valence-corrected chi connectivity index (χ2v) is 10.7. The molecule has 4 rings (SSSR count). The topological polar surface area (TPSA) is 46.6 Å². The van der Waals surface area contributed by atoms with E-state index < -0.39 is 0 Å². The van der Waals surface area contributed by atoms with Gasteiger partial charge in [0.1, 0.15) is 12.4 Å². The van der Waals surface area contributed by atoms with Gasteiger partial charge >= 0.3 is 0 Å². The second kappa shape index (κ2) is 10.6. The lowest BCUT2D eigenvalue weighted by atomic mass is 10.1. The largest absolute Gasteiger partial charge is 0.487 e. The van der Waals surface area contributed by atoms with E-state index in [0.29, 0.717) is 22.3 Å². The maximum Gasteiger partial charge on any atom is 0.293 e. The molecule has 0 saturated carbocycles. The average Bonchev–Trinajstić information content (AvgIpc) is 3.02. The molecule has 1 aliphatic heterocycles. The van der Waals surface area contributed by atoms with Crippen LogP contribution in [0.2, 0.25) is 5.02 Å². The fourth-order valence-corrected chi connectivity index (χ4v) is 6.21. The van der Waals surface area contributed by atoms with Crippen LogP contribution in [0.1, 0.15) is 16.7 Å². The minimum atomic E-state index is -0.331. The first-order valence-electron chi connectivity index (χ1n) is 9.57. The van der Waals surface area contributed by atoms with E-state index in [-0.39, 0.29) is 17.7 Å². The van der Waals surface area contributed by atoms with Crippen molar-refractivity contribution >= 4 is 85.8 Å². The summed E-state index contributed by atoms with van der Waals surface area (Å²) in [5.74, 6) is 0.357. The van der Waals surface area contributed by atoms with Crippen LogP contribution in [0.3, 0.4) is 0 Å². The van der Waals surface area contributed by atoms with Gasteiger partial charge in [0, 0.05) is 14.2 Å². The van der Waals surface area contributed by atoms with E-state index in [0.717, 1.165) is 35.6 Å². The number of halogens is 3. The van der Waals surface area contributed by atoms with Crippen LogP contribution in [0.5, 0.6) is 5.75 Å². The summed E-state index contributed by atoms with van der Waals surface area (Å²) in [7, 11) is 0. The number of carbonyl (C=O) groups is 2. The molecule has 1 aliphatic rings. The summed E-state index contributed by atoms with van der Waals surface area (Å²) in [4.78, 5) is 27.2. The zero-order valence-electron chi connectivity index (χ0n) is 16.6. The Morgan fingerprint density at radius 2 is 1.72 bits per heavy atom. The van der Waals surface area contributed by atoms with Crippen molar-refractivity contribution in [3.8, 4) is 5.75 Å². The van der Waals surface area contributed by atoms with E-state index in [4.69, 9.17) is 16.3 Å². The summed E-state index contributed by atoms with van der Waals surface area (Å²) in [6.07, 6.45) is 1.74. The Morgan fingerprint density at radius 1 is 1.00 bits per heavy atom. The standard InChI is InChI=1S/C24H16ClI2NO3S/c25-19-9-5-4-8-16(19)13-28-23(29)21(32-24(28)30)11-17-10-18(26)12-20(27)22(17)31-14-15-6-2-1-3-7-15/h1-12H,13-14H2/b21-11+. The fraction of sp³-hybridized carbons (Fsp3) is 0.0833. The van der Waals surface area contributed by atoms with Gasteiger partial charge in [-0.15, -0.1) is 0 Å². The summed E-state index contributed by atoms with van der Waals surface area (Å²) in [6.45, 7) is 0.551. The third-order valence-corrected chi connectivity index (χ3v) is 7.41. The Hall–Kier alpha value is -1.56. The molecule has 8 heteroatoms. The van der Waals surface area contributed by atoms with Crippen molar-refractivity contribution in [3.05, 3.63) is 100 Å². The predicted molar refractivity (Wildman–Crippen MR) is 146 cm³/mol. The van der Waals surface area contributed by atoms with E-state index in [2.05, 4.69) is 45.2 Å². The quantitative estimate of drug-likeness (QED) is 0.201. The molecule has 162 valence electrons. The summed E-state index contributed by atoms with van der Waals surface area (Å²) in [5, 5.41) is 0.215. The summed E-state index contributed by atoms with van der Waals surface area (Å²) >= 11 is 11.6. The number of thioether (sulfide) groups is 1. The maximum atomic E-state index is 13.0. The number of nitrogens with zero attached hydrogens (tertiary/aromatic N) is 1. The first-order chi connectivity index (χ1) is 15.4. The number of imide groups is 1. The first-order valence-corrected chi connectivity index (χ1v) is 12.9. The lowest BCUT2D eigenvalue weighted by Crippen LogP contribution is -2.27. The van der Waals surface area contributed by atoms with Gasteiger partial charge in [-0.2, -0.15) is 0 Å². The monoisotopic (exact) mass is 687 g/mol. The molecule has 2 amide bonds. The Balaban J connectivity index is 1.61. The van der Waals surface area contributed by atoms with Crippen molar-refractivity contribution in [1.82, 2.24) is 4.90 Å². The van der Waals surface area contributed by atoms with E-state index in [1.54, 1.807) is 12.1 Å². The molecule has 0 bridgehead atoms. The van der Waals surface area contributed by atoms with Gasteiger partial charge in [0.15, 0.2) is 0 Å². The van der Waals surface area contributed by atoms with Gasteiger partial charge in [0.25, 0.3) is 11.1 Å². The van der Waals surface area contributed by atoms with Crippen LogP contribution in [-0.4, -0.2) is 16.0 Å². The lowest BCUT2D eigenvalue weighted by molar-refractivity contribution is -0.123. The van der Waals surface area contributed by atoms with Crippen LogP contribution in [-0.2, 0) is 17.9 Å². The molecule has 1 fully saturated rings. The van der Waals surface area contributed by atoms with Crippen LogP contribution in [0.25, 0.3) is 6.08 Å². The molecule has 0 spiro atoms. The van der Waals surface area contributed by atoms with Gasteiger partial charge in [-0.1, -0.05) is 60.1 Å². The molecule has 0 aromatic heterocycles. The van der Waals surface area contributed by atoms with Crippen molar-refractivity contribution in [2.24, 2.45) is 0 Å². The molecular weight excluding hydrogens is 672 g/mol. The Bertz CT molecular complexity index is 1220. The summed E-state index contributed by atoms with van der Waals surface area (Å²) in [5.41, 5.74) is 2.54. The molecule has 0 atom stereocenters. The minimum absolute atomic E-state index is 0.142. The molecule has 1 heterocycles. The molecule has 0 radical (unpaired) electrons. The number of hydrogen-bond acceptors (Lipinski definition) is 4. The second-order valence-electron chi connectivity index (χ2n) is 6.94. The van der Waals surface area contributed by atoms with Crippen molar-refractivity contribution in [2.75, 3.05) is 0 Å². The molecule has 0 unspecified atom stereocenters. The molecular formula is C24H16ClI2NO3S. The van der Waals surface area contributed by atoms with E-state index in [1.165, 1.54) is 4.90 Å². The maximum absolute atomic E-state index is 13.0. The highest BCUT2D eigenvalue weighted by Gasteiger charge is 2.35. The van der Waals surface area contributed by atoms with Crippen molar-refractivity contribution in [2.45, 2.75) is 13.2 Å². The molecule has 0 aliphatic carbocycles. The Labute approximate surface area is 222 Å². The van der Waals surface area contributed by atoms with Gasteiger partial charge in [-0.3, -0.25) is 14.5 Å². The molecule has 0 N–H and O–H groups in total. The van der Waals surface area contributed by atoms with E-state index in [9.17, 15) is 9.59 Å². The number of rotatable bonds is 6. The summed E-state index contributed by atoms with van der Waals surface area (Å²) in [6, 6.07) is 21.1. The highest BCUT2D eigenvalue weighted by Crippen LogP contribution is 2.37. The van der Waals surface area contributed by atoms with Crippen LogP contribution in [0.15, 0.2) is 71.6 Å². The highest BCUT2D eigenvalue weighted by atomic mass is 127. The van der Waals surface area contributed by atoms with E-state index in [1.807, 2.05) is 60.7 Å². The number of hydrogen-bond donors (Lipinski definition) is 0. The van der Waals surface area contributed by atoms with Gasteiger partial charge in [-0.05, 0) is 92.3 Å². The van der Waals surface area contributed by atoms with E-state index >= 15 is 0 Å². The van der Waals surface area contributed by atoms with Crippen molar-refractivity contribution in [3.63, 3.8) is 0 Å². The smallest absolute Gasteiger partial charge is 0.293 e. The average molecular weight is 688 g/mol. The van der Waals surface area contributed by atoms with Crippen LogP contribution in [0, 0.1) is 7.14 Å². The van der Waals surface area contributed by atoms with Gasteiger partial charge in [0.05, 0.1) is 15.0 Å². The first kappa shape index (κ1) is 23.6. The fourth-order valence-electron chi connectivity index (χ4n) is 3.14. The molecule has 1 saturated heterocycles. The highest BCUT2D eigenvalue weighted by molar-refractivity contribution is 14.1. The van der Waals surface area contributed by atoms with Crippen molar-refractivity contribution in [1.29, 1.82) is 0 Å². The third-order valence-electron chi connectivity index (χ3n) is 4.71. The molecule has 3 aromatic carbocycles. The lowest BCUT2D eigenvalue weighted by Gasteiger charge is -2.14. The van der Waals surface area contributed by atoms with Gasteiger partial charge in [0.2, 0.25) is 0 Å². The Kier molecular flexibility index (Phi) is 7.80. The normalized spacial score (nSPS) is 15.0. The predicted octanol–water partition coefficient (Wildman–Crippen LogP) is 7.36. The van der Waals surface area contributed by atoms with Crippen LogP contribution in [0.4, 0.5) is 4.79 Å². The summed E-state index contributed by atoms with van der Waals surface area (Å²) < 4.78 is 8.08. The molecule has 32 heavy (non-hydrogen) atoms. The zero-order chi connectivity index (χ0) is 22.7. The third kappa shape index (κ3) is 5.49. The SMILES string of the molecule is O=C1S/C(=C/c2cc(I)cc(I)c2OCc2ccccc2)C(=O)N1Cc1ccccc1Cl. The number of amides is 2. The number of ether oxygens (including phenoxy) is 1. The minimum Gasteiger partial charge on any atom is -0.487 e. The zero-order valence-corrected chi connectivity index (χ0v) is 22.4. The molecule has 4 nitrogen and oxygen atoms in total. The van der Waals surface area contributed by atoms with Crippen LogP contribution >= 0.6 is 68.5 Å². The molecule has 3 aromatic rings. The number of carbonyl (C=O) groups excluding carboxylic acids is 2. The van der Waals surface area contributed by atoms with Gasteiger partial charge < -0.3 is 4.74 Å². The van der Waals surface area contributed by atoms with Crippen LogP contribution < -0.4 is 4.74 Å². The Morgan fingerprint density at radius 3 is 2.47 bits per heavy atom. The number of benzene rings is 3.